The molecule has 0 radical (unpaired) electrons. The van der Waals surface area contributed by atoms with Crippen LogP contribution in [-0.4, -0.2) is 92.2 Å². The smallest absolute Gasteiger partial charge is 0.227 e. The quantitative estimate of drug-likeness (QED) is 0.210. The van der Waals surface area contributed by atoms with Gasteiger partial charge in [0.05, 0.1) is 44.6 Å². The molecule has 6 heterocycles. The Morgan fingerprint density at radius 2 is 1.12 bits per heavy atom. The third kappa shape index (κ3) is 8.32. The van der Waals surface area contributed by atoms with E-state index in [4.69, 9.17) is 15.2 Å². The van der Waals surface area contributed by atoms with E-state index in [2.05, 4.69) is 46.7 Å². The number of hydrogen-bond acceptors (Lipinski definition) is 13. The van der Waals surface area contributed by atoms with Gasteiger partial charge in [-0.05, 0) is 60.7 Å². The molecule has 56 heavy (non-hydrogen) atoms. The molecule has 9 rings (SSSR count). The lowest BCUT2D eigenvalue weighted by molar-refractivity contribution is 0.578. The van der Waals surface area contributed by atoms with Gasteiger partial charge in [-0.2, -0.15) is 15.2 Å². The molecule has 0 amide bonds. The highest BCUT2D eigenvalue weighted by atomic mass is 32.2. The lowest BCUT2D eigenvalue weighted by atomic mass is 10.2. The van der Waals surface area contributed by atoms with Gasteiger partial charge in [-0.25, -0.2) is 18.7 Å². The number of nitriles is 1. The third-order valence-electron chi connectivity index (χ3n) is 9.85. The predicted octanol–water partition coefficient (Wildman–Crippen LogP) is 4.65. The maximum atomic E-state index is 13.6. The summed E-state index contributed by atoms with van der Waals surface area (Å²) >= 11 is 0. The van der Waals surface area contributed by atoms with E-state index in [-0.39, 0.29) is 11.6 Å². The molecular formula is C39H39F2N11O2S2. The topological polar surface area (TPSA) is 155 Å². The largest absolute Gasteiger partial charge is 0.368 e. The lowest BCUT2D eigenvalue weighted by Crippen LogP contribution is -2.47. The number of hydrogen-bond donors (Lipinski definition) is 3. The van der Waals surface area contributed by atoms with E-state index in [1.807, 2.05) is 24.3 Å². The van der Waals surface area contributed by atoms with Gasteiger partial charge < -0.3 is 30.7 Å². The zero-order valence-corrected chi connectivity index (χ0v) is 32.0. The van der Waals surface area contributed by atoms with Crippen molar-refractivity contribution in [2.75, 3.05) is 89.2 Å². The standard InChI is InChI=1S/C23H21FN6OS.C16H18FN5OS/c24-17-2-1-3-18(14-17)26-22-21-20(8-13-32(21)31)27-23(28-22)30-11-9-29(10-12-30)19-6-4-16(15-25)5-7-19;17-11-2-1-3-12(10-11)19-15-14-13(4-9-24(14)23)20-16(21-15)22-7-5-18-6-8-22/h1-7,14H,8-13H2,(H,26,27,28);1-3,10,18H,4-9H2,(H,19,20,21). The first-order chi connectivity index (χ1) is 27.3. The van der Waals surface area contributed by atoms with Gasteiger partial charge in [0.25, 0.3) is 0 Å². The van der Waals surface area contributed by atoms with Crippen LogP contribution in [0.25, 0.3) is 0 Å². The molecule has 2 fully saturated rings. The number of anilines is 7. The molecule has 5 aromatic rings. The van der Waals surface area contributed by atoms with E-state index in [0.717, 1.165) is 69.4 Å². The molecule has 0 aliphatic carbocycles. The number of nitrogens with one attached hydrogen (secondary N) is 3. The van der Waals surface area contributed by atoms with Gasteiger partial charge in [0.15, 0.2) is 11.6 Å². The van der Waals surface area contributed by atoms with Crippen LogP contribution in [0, 0.1) is 23.0 Å². The van der Waals surface area contributed by atoms with Crippen LogP contribution in [-0.2, 0) is 34.4 Å². The number of benzene rings is 3. The highest BCUT2D eigenvalue weighted by Gasteiger charge is 2.30. The number of fused-ring (bicyclic) bond motifs is 2. The summed E-state index contributed by atoms with van der Waals surface area (Å²) in [5.41, 5.74) is 4.51. The van der Waals surface area contributed by atoms with E-state index >= 15 is 0 Å². The van der Waals surface area contributed by atoms with Crippen LogP contribution in [0.15, 0.2) is 82.6 Å². The summed E-state index contributed by atoms with van der Waals surface area (Å²) in [5, 5.41) is 18.6. The van der Waals surface area contributed by atoms with Crippen molar-refractivity contribution in [3.8, 4) is 6.07 Å². The molecule has 2 unspecified atom stereocenters. The van der Waals surface area contributed by atoms with E-state index in [0.29, 0.717) is 74.6 Å². The highest BCUT2D eigenvalue weighted by Crippen LogP contribution is 2.34. The van der Waals surface area contributed by atoms with Crippen LogP contribution < -0.4 is 30.7 Å². The summed E-state index contributed by atoms with van der Waals surface area (Å²) in [5.74, 6) is 2.67. The number of nitrogens with zero attached hydrogens (tertiary/aromatic N) is 8. The minimum Gasteiger partial charge on any atom is -0.368 e. The monoisotopic (exact) mass is 795 g/mol. The Morgan fingerprint density at radius 3 is 1.61 bits per heavy atom. The maximum absolute atomic E-state index is 13.6. The summed E-state index contributed by atoms with van der Waals surface area (Å²) in [7, 11) is -2.28. The van der Waals surface area contributed by atoms with Gasteiger partial charge in [0.1, 0.15) is 21.4 Å². The minimum absolute atomic E-state index is 0.325. The average Bonchev–Trinajstić information content (AvgIpc) is 3.80. The maximum Gasteiger partial charge on any atom is 0.227 e. The van der Waals surface area contributed by atoms with Gasteiger partial charge in [-0.3, -0.25) is 8.42 Å². The van der Waals surface area contributed by atoms with Crippen molar-refractivity contribution in [1.82, 2.24) is 25.3 Å². The molecule has 4 aliphatic rings. The van der Waals surface area contributed by atoms with Crippen LogP contribution in [0.3, 0.4) is 0 Å². The second-order valence-corrected chi connectivity index (χ2v) is 16.6. The van der Waals surface area contributed by atoms with Crippen molar-refractivity contribution in [3.63, 3.8) is 0 Å². The fourth-order valence-electron chi connectivity index (χ4n) is 7.00. The lowest BCUT2D eigenvalue weighted by Gasteiger charge is -2.36. The van der Waals surface area contributed by atoms with Gasteiger partial charge >= 0.3 is 0 Å². The molecule has 0 spiro atoms. The van der Waals surface area contributed by atoms with Crippen LogP contribution in [0.1, 0.15) is 17.0 Å². The SMILES string of the molecule is N#Cc1ccc(N2CCN(c3nc4c(c(Nc5cccc(F)c5)n3)S(=O)CC4)CC2)cc1.O=S1CCc2nc(N3CCNCC3)nc(Nc3cccc(F)c3)c21. The fourth-order valence-corrected chi connectivity index (χ4v) is 9.61. The number of halogens is 2. The Balaban J connectivity index is 0.000000164. The molecule has 13 nitrogen and oxygen atoms in total. The second-order valence-electron chi connectivity index (χ2n) is 13.5. The van der Waals surface area contributed by atoms with Gasteiger partial charge in [0, 0.05) is 93.8 Å². The van der Waals surface area contributed by atoms with Crippen LogP contribution in [0.2, 0.25) is 0 Å². The molecule has 3 aromatic carbocycles. The van der Waals surface area contributed by atoms with E-state index in [1.165, 1.54) is 24.3 Å². The van der Waals surface area contributed by atoms with E-state index in [9.17, 15) is 17.2 Å². The molecule has 2 aromatic heterocycles. The summed E-state index contributed by atoms with van der Waals surface area (Å²) in [6.07, 6.45) is 1.32. The van der Waals surface area contributed by atoms with Crippen molar-refractivity contribution in [3.05, 3.63) is 101 Å². The number of piperazine rings is 2. The van der Waals surface area contributed by atoms with Crippen LogP contribution >= 0.6 is 0 Å². The first-order valence-corrected chi connectivity index (χ1v) is 21.0. The van der Waals surface area contributed by atoms with Gasteiger partial charge in [-0.1, -0.05) is 12.1 Å². The first-order valence-electron chi connectivity index (χ1n) is 18.4. The zero-order valence-electron chi connectivity index (χ0n) is 30.4. The van der Waals surface area contributed by atoms with Crippen LogP contribution in [0.5, 0.6) is 0 Å². The molecule has 0 bridgehead atoms. The predicted molar refractivity (Wildman–Crippen MR) is 214 cm³/mol. The summed E-state index contributed by atoms with van der Waals surface area (Å²) in [6.45, 7) is 6.51. The summed E-state index contributed by atoms with van der Waals surface area (Å²) in [6, 6.07) is 22.1. The molecule has 3 N–H and O–H groups in total. The second kappa shape index (κ2) is 16.7. The molecule has 2 atom stereocenters. The minimum atomic E-state index is -1.17. The highest BCUT2D eigenvalue weighted by molar-refractivity contribution is 7.85. The normalized spacial score (nSPS) is 18.7. The van der Waals surface area contributed by atoms with Gasteiger partial charge in [0.2, 0.25) is 11.9 Å². The van der Waals surface area contributed by atoms with E-state index in [1.54, 1.807) is 24.3 Å². The summed E-state index contributed by atoms with van der Waals surface area (Å²) < 4.78 is 52.0. The van der Waals surface area contributed by atoms with E-state index < -0.39 is 21.6 Å². The molecule has 4 aliphatic heterocycles. The Hall–Kier alpha value is -5.57. The van der Waals surface area contributed by atoms with Crippen molar-refractivity contribution in [2.24, 2.45) is 0 Å². The molecular weight excluding hydrogens is 757 g/mol. The molecule has 2 saturated heterocycles. The molecule has 288 valence electrons. The zero-order chi connectivity index (χ0) is 38.6. The van der Waals surface area contributed by atoms with Crippen molar-refractivity contribution in [2.45, 2.75) is 22.6 Å². The van der Waals surface area contributed by atoms with Crippen LogP contribution in [0.4, 0.5) is 49.4 Å². The fraction of sp³-hybridized carbons (Fsp3) is 0.308. The number of rotatable bonds is 7. The summed E-state index contributed by atoms with van der Waals surface area (Å²) in [4.78, 5) is 26.4. The Kier molecular flexibility index (Phi) is 11.1. The van der Waals surface area contributed by atoms with Crippen molar-refractivity contribution < 1.29 is 17.2 Å². The van der Waals surface area contributed by atoms with Gasteiger partial charge in [-0.15, -0.1) is 0 Å². The number of aryl methyl sites for hydroxylation is 2. The van der Waals surface area contributed by atoms with Crippen molar-refractivity contribution >= 4 is 62.2 Å². The third-order valence-corrected chi connectivity index (χ3v) is 12.8. The first kappa shape index (κ1) is 37.4. The average molecular weight is 796 g/mol. The van der Waals surface area contributed by atoms with Crippen molar-refractivity contribution in [1.29, 1.82) is 5.26 Å². The molecule has 0 saturated carbocycles. The Bertz CT molecular complexity index is 2330. The Labute approximate surface area is 328 Å². The Morgan fingerprint density at radius 1 is 0.643 bits per heavy atom. The molecule has 17 heteroatoms. The number of aromatic nitrogens is 4.